The largest absolute Gasteiger partial charge is 0.359 e. The molecule has 0 saturated heterocycles. The Hall–Kier alpha value is -0.640. The zero-order valence-electron chi connectivity index (χ0n) is 6.88. The quantitative estimate of drug-likeness (QED) is 0.656. The lowest BCUT2D eigenvalue weighted by Crippen LogP contribution is -2.03. The summed E-state index contributed by atoms with van der Waals surface area (Å²) in [7, 11) is -4.12. The lowest BCUT2D eigenvalue weighted by Gasteiger charge is -2.03. The maximum Gasteiger partial charge on any atom is 0.359 e. The Morgan fingerprint density at radius 3 is 2.42 bits per heavy atom. The molecule has 0 radical (unpaired) electrons. The molecule has 0 aromatic carbocycles. The third-order valence-corrected chi connectivity index (χ3v) is 2.36. The maximum absolute atomic E-state index is 10.7. The lowest BCUT2D eigenvalue weighted by molar-refractivity contribution is 0.387. The van der Waals surface area contributed by atoms with Crippen molar-refractivity contribution in [3.63, 3.8) is 0 Å². The first-order valence-electron chi connectivity index (χ1n) is 3.51. The summed E-state index contributed by atoms with van der Waals surface area (Å²) in [6.07, 6.45) is 2.56. The highest BCUT2D eigenvalue weighted by atomic mass is 31.2. The summed E-state index contributed by atoms with van der Waals surface area (Å²) in [6, 6.07) is 0.116. The second kappa shape index (κ2) is 3.01. The van der Waals surface area contributed by atoms with Crippen molar-refractivity contribution in [2.24, 2.45) is 0 Å². The van der Waals surface area contributed by atoms with Crippen LogP contribution >= 0.6 is 7.60 Å². The Morgan fingerprint density at radius 1 is 1.58 bits per heavy atom. The second-order valence-electron chi connectivity index (χ2n) is 2.82. The van der Waals surface area contributed by atoms with E-state index in [1.807, 2.05) is 13.8 Å². The van der Waals surface area contributed by atoms with Gasteiger partial charge in [0.05, 0.1) is 6.20 Å². The van der Waals surface area contributed by atoms with Crippen LogP contribution < -0.4 is 5.30 Å². The topological polar surface area (TPSA) is 75.4 Å². The molecule has 6 heteroatoms. The molecule has 0 atom stereocenters. The molecule has 68 valence electrons. The van der Waals surface area contributed by atoms with Crippen LogP contribution in [0.3, 0.4) is 0 Å². The third kappa shape index (κ3) is 1.94. The molecule has 1 aromatic rings. The van der Waals surface area contributed by atoms with E-state index in [0.29, 0.717) is 0 Å². The van der Waals surface area contributed by atoms with Crippen molar-refractivity contribution in [2.75, 3.05) is 0 Å². The van der Waals surface area contributed by atoms with Crippen LogP contribution in [-0.4, -0.2) is 19.6 Å². The third-order valence-electron chi connectivity index (χ3n) is 1.45. The average molecular weight is 190 g/mol. The molecule has 0 aliphatic rings. The number of nitrogens with zero attached hydrogens (tertiary/aromatic N) is 2. The van der Waals surface area contributed by atoms with E-state index in [9.17, 15) is 4.57 Å². The van der Waals surface area contributed by atoms with Crippen molar-refractivity contribution in [1.82, 2.24) is 9.78 Å². The molecule has 12 heavy (non-hydrogen) atoms. The second-order valence-corrected chi connectivity index (χ2v) is 4.42. The Balaban J connectivity index is 3.00. The lowest BCUT2D eigenvalue weighted by atomic mass is 10.4. The van der Waals surface area contributed by atoms with Gasteiger partial charge in [0, 0.05) is 12.2 Å². The number of hydrogen-bond acceptors (Lipinski definition) is 2. The van der Waals surface area contributed by atoms with Gasteiger partial charge in [-0.1, -0.05) is 0 Å². The van der Waals surface area contributed by atoms with Crippen LogP contribution in [0, 0.1) is 0 Å². The first-order chi connectivity index (χ1) is 5.41. The Morgan fingerprint density at radius 2 is 2.17 bits per heavy atom. The molecular formula is C6H11N2O3P. The van der Waals surface area contributed by atoms with Gasteiger partial charge in [-0.05, 0) is 13.8 Å². The van der Waals surface area contributed by atoms with E-state index in [4.69, 9.17) is 9.79 Å². The predicted molar refractivity (Wildman–Crippen MR) is 44.3 cm³/mol. The van der Waals surface area contributed by atoms with E-state index in [1.54, 1.807) is 0 Å². The van der Waals surface area contributed by atoms with E-state index in [1.165, 1.54) is 17.1 Å². The van der Waals surface area contributed by atoms with Crippen LogP contribution in [0.25, 0.3) is 0 Å². The van der Waals surface area contributed by atoms with Crippen LogP contribution in [0.2, 0.25) is 0 Å². The Bertz CT molecular complexity index is 314. The van der Waals surface area contributed by atoms with E-state index < -0.39 is 7.60 Å². The highest BCUT2D eigenvalue weighted by molar-refractivity contribution is 7.60. The van der Waals surface area contributed by atoms with Crippen LogP contribution in [0.15, 0.2) is 12.4 Å². The summed E-state index contributed by atoms with van der Waals surface area (Å²) < 4.78 is 12.2. The Labute approximate surface area is 70.2 Å². The van der Waals surface area contributed by atoms with E-state index in [-0.39, 0.29) is 11.3 Å². The molecule has 0 unspecified atom stereocenters. The van der Waals surface area contributed by atoms with E-state index in [2.05, 4.69) is 5.10 Å². The van der Waals surface area contributed by atoms with Gasteiger partial charge < -0.3 is 9.79 Å². The van der Waals surface area contributed by atoms with Gasteiger partial charge in [-0.3, -0.25) is 9.25 Å². The fraction of sp³-hybridized carbons (Fsp3) is 0.500. The molecule has 0 amide bonds. The molecule has 0 aliphatic carbocycles. The van der Waals surface area contributed by atoms with Crippen LogP contribution in [0.4, 0.5) is 0 Å². The van der Waals surface area contributed by atoms with Gasteiger partial charge in [0.25, 0.3) is 0 Å². The zero-order valence-corrected chi connectivity index (χ0v) is 7.77. The van der Waals surface area contributed by atoms with E-state index in [0.717, 1.165) is 0 Å². The highest BCUT2D eigenvalue weighted by Crippen LogP contribution is 2.32. The summed E-state index contributed by atoms with van der Waals surface area (Å²) in [5.74, 6) is 0. The van der Waals surface area contributed by atoms with Gasteiger partial charge in [0.1, 0.15) is 5.30 Å². The summed E-state index contributed by atoms with van der Waals surface area (Å²) in [5.41, 5.74) is 0. The molecule has 0 saturated carbocycles. The number of aromatic nitrogens is 2. The summed E-state index contributed by atoms with van der Waals surface area (Å²) >= 11 is 0. The van der Waals surface area contributed by atoms with Crippen molar-refractivity contribution < 1.29 is 14.4 Å². The van der Waals surface area contributed by atoms with Gasteiger partial charge in [-0.2, -0.15) is 5.10 Å². The van der Waals surface area contributed by atoms with Gasteiger partial charge in [0.15, 0.2) is 0 Å². The molecule has 1 aromatic heterocycles. The monoisotopic (exact) mass is 190 g/mol. The standard InChI is InChI=1S/C6H11N2O3P/c1-5(2)8-4-6(3-7-8)12(9,10)11/h3-5H,1-2H3,(H2,9,10,11). The van der Waals surface area contributed by atoms with Crippen LogP contribution in [-0.2, 0) is 4.57 Å². The van der Waals surface area contributed by atoms with E-state index >= 15 is 0 Å². The fourth-order valence-corrected chi connectivity index (χ4v) is 1.23. The van der Waals surface area contributed by atoms with Crippen molar-refractivity contribution in [3.8, 4) is 0 Å². The smallest absolute Gasteiger partial charge is 0.321 e. The van der Waals surface area contributed by atoms with Gasteiger partial charge in [0.2, 0.25) is 0 Å². The molecular weight excluding hydrogens is 179 g/mol. The molecule has 0 fully saturated rings. The molecule has 0 spiro atoms. The summed E-state index contributed by atoms with van der Waals surface area (Å²) in [5, 5.41) is 3.78. The molecule has 0 aliphatic heterocycles. The molecule has 1 rings (SSSR count). The van der Waals surface area contributed by atoms with Crippen molar-refractivity contribution in [2.45, 2.75) is 19.9 Å². The van der Waals surface area contributed by atoms with Crippen LogP contribution in [0.1, 0.15) is 19.9 Å². The zero-order chi connectivity index (χ0) is 9.35. The predicted octanol–water partition coefficient (Wildman–Crippen LogP) is 0.267. The molecule has 5 nitrogen and oxygen atoms in total. The molecule has 0 bridgehead atoms. The summed E-state index contributed by atoms with van der Waals surface area (Å²) in [6.45, 7) is 3.77. The maximum atomic E-state index is 10.7. The van der Waals surface area contributed by atoms with Crippen LogP contribution in [0.5, 0.6) is 0 Å². The van der Waals surface area contributed by atoms with Gasteiger partial charge in [-0.25, -0.2) is 0 Å². The summed E-state index contributed by atoms with van der Waals surface area (Å²) in [4.78, 5) is 17.5. The van der Waals surface area contributed by atoms with Gasteiger partial charge in [-0.15, -0.1) is 0 Å². The van der Waals surface area contributed by atoms with Crippen molar-refractivity contribution in [3.05, 3.63) is 12.4 Å². The molecule has 1 heterocycles. The fourth-order valence-electron chi connectivity index (χ4n) is 0.761. The Kier molecular flexibility index (Phi) is 2.37. The first kappa shape index (κ1) is 9.45. The van der Waals surface area contributed by atoms with Gasteiger partial charge >= 0.3 is 7.60 Å². The minimum atomic E-state index is -4.12. The normalized spacial score (nSPS) is 12.4. The minimum absolute atomic E-state index is 0.0313. The first-order valence-corrected chi connectivity index (χ1v) is 5.13. The average Bonchev–Trinajstić information content (AvgIpc) is 2.30. The number of hydrogen-bond donors (Lipinski definition) is 2. The minimum Gasteiger partial charge on any atom is -0.321 e. The SMILES string of the molecule is CC(C)n1cc(P(=O)(O)O)cn1. The van der Waals surface area contributed by atoms with Crippen molar-refractivity contribution in [1.29, 1.82) is 0 Å². The molecule has 2 N–H and O–H groups in total. The van der Waals surface area contributed by atoms with Crippen molar-refractivity contribution >= 4 is 12.9 Å². The highest BCUT2D eigenvalue weighted by Gasteiger charge is 2.19. The number of rotatable bonds is 2.